The molecule has 252 valence electrons. The minimum absolute atomic E-state index is 0.0314. The van der Waals surface area contributed by atoms with Crippen LogP contribution in [0.1, 0.15) is 76.9 Å². The summed E-state index contributed by atoms with van der Waals surface area (Å²) in [5.74, 6) is -0.904. The number of fused-ring (bicyclic) bond motifs is 2. The largest absolute Gasteiger partial charge is 0.545 e. The number of carboxylic acids is 1. The Labute approximate surface area is 284 Å². The number of alkyl halides is 1. The summed E-state index contributed by atoms with van der Waals surface area (Å²) < 4.78 is 13.3. The summed E-state index contributed by atoms with van der Waals surface area (Å²) in [5.41, 5.74) is 7.32. The number of allylic oxidation sites excluding steroid dienone is 5. The molecule has 2 aromatic rings. The van der Waals surface area contributed by atoms with Crippen LogP contribution in [0.25, 0.3) is 5.57 Å². The van der Waals surface area contributed by atoms with E-state index in [1.807, 2.05) is 40.3 Å². The van der Waals surface area contributed by atoms with Crippen LogP contribution in [0.5, 0.6) is 0 Å². The van der Waals surface area contributed by atoms with Gasteiger partial charge in [0.2, 0.25) is 0 Å². The van der Waals surface area contributed by atoms with Crippen molar-refractivity contribution in [2.24, 2.45) is 0 Å². The number of benzene rings is 2. The third-order valence-corrected chi connectivity index (χ3v) is 9.04. The summed E-state index contributed by atoms with van der Waals surface area (Å²) in [7, 11) is 8.01. The zero-order chi connectivity index (χ0) is 34.1. The van der Waals surface area contributed by atoms with Crippen molar-refractivity contribution in [1.82, 2.24) is 5.32 Å². The van der Waals surface area contributed by atoms with Crippen LogP contribution in [0.4, 0.5) is 5.69 Å². The summed E-state index contributed by atoms with van der Waals surface area (Å²) in [6.45, 7) is 6.69. The second kappa shape index (κ2) is 16.4. The van der Waals surface area contributed by atoms with E-state index >= 15 is 0 Å². The molecule has 0 bridgehead atoms. The number of nitrogens with zero attached hydrogens (tertiary/aromatic N) is 2. The lowest BCUT2D eigenvalue weighted by Crippen LogP contribution is -2.32. The lowest BCUT2D eigenvalue weighted by molar-refractivity contribution is -0.462. The molecule has 0 aliphatic heterocycles. The fraction of sp³-hybridized carbons (Fsp3) is 0.447. The minimum atomic E-state index is -1.30. The molecule has 9 heteroatoms. The Morgan fingerprint density at radius 1 is 0.915 bits per heavy atom. The molecule has 47 heavy (non-hydrogen) atoms. The van der Waals surface area contributed by atoms with Gasteiger partial charge >= 0.3 is 0 Å². The van der Waals surface area contributed by atoms with E-state index < -0.39 is 5.97 Å². The predicted molar refractivity (Wildman–Crippen MR) is 188 cm³/mol. The highest BCUT2D eigenvalue weighted by atomic mass is 35.5. The van der Waals surface area contributed by atoms with Gasteiger partial charge in [0.15, 0.2) is 5.71 Å². The van der Waals surface area contributed by atoms with Crippen molar-refractivity contribution in [2.45, 2.75) is 44.9 Å². The Bertz CT molecular complexity index is 1600. The molecule has 0 fully saturated rings. The van der Waals surface area contributed by atoms with Crippen LogP contribution in [0, 0.1) is 0 Å². The zero-order valence-electron chi connectivity index (χ0n) is 28.6. The second-order valence-electron chi connectivity index (χ2n) is 12.9. The first kappa shape index (κ1) is 36.1. The summed E-state index contributed by atoms with van der Waals surface area (Å²) in [4.78, 5) is 27.9. The first-order valence-corrected chi connectivity index (χ1v) is 16.9. The van der Waals surface area contributed by atoms with Gasteiger partial charge in [-0.2, -0.15) is 0 Å². The van der Waals surface area contributed by atoms with Crippen LogP contribution in [0.3, 0.4) is 0 Å². The number of halogens is 1. The Hall–Kier alpha value is -3.72. The molecule has 4 rings (SSSR count). The highest BCUT2D eigenvalue weighted by Crippen LogP contribution is 2.51. The molecule has 0 heterocycles. The lowest BCUT2D eigenvalue weighted by atomic mass is 9.64. The van der Waals surface area contributed by atoms with Crippen molar-refractivity contribution < 1.29 is 28.7 Å². The second-order valence-corrected chi connectivity index (χ2v) is 13.3. The maximum absolute atomic E-state index is 13.3. The Morgan fingerprint density at radius 3 is 2.32 bits per heavy atom. The van der Waals surface area contributed by atoms with E-state index in [1.165, 1.54) is 12.1 Å². The van der Waals surface area contributed by atoms with Gasteiger partial charge in [0.25, 0.3) is 5.91 Å². The third-order valence-electron chi connectivity index (χ3n) is 8.77. The number of aromatic carboxylic acids is 1. The van der Waals surface area contributed by atoms with Crippen LogP contribution in [0.2, 0.25) is 0 Å². The third kappa shape index (κ3) is 8.61. The van der Waals surface area contributed by atoms with Crippen molar-refractivity contribution in [2.75, 3.05) is 71.9 Å². The van der Waals surface area contributed by atoms with Crippen molar-refractivity contribution in [3.8, 4) is 0 Å². The number of rotatable bonds is 16. The maximum Gasteiger partial charge on any atom is 0.251 e. The number of carboxylic acid groups (broad SMARTS) is 1. The predicted octanol–water partition coefficient (Wildman–Crippen LogP) is 4.98. The molecular weight excluding hydrogens is 614 g/mol. The van der Waals surface area contributed by atoms with E-state index in [-0.39, 0.29) is 16.9 Å². The number of carbonyl (C=O) groups excluding carboxylic acids is 2. The van der Waals surface area contributed by atoms with Crippen LogP contribution in [-0.4, -0.2) is 89.2 Å². The Balaban J connectivity index is 1.59. The van der Waals surface area contributed by atoms with Gasteiger partial charge in [0.1, 0.15) is 14.1 Å². The van der Waals surface area contributed by atoms with Crippen molar-refractivity contribution in [3.63, 3.8) is 0 Å². The van der Waals surface area contributed by atoms with Crippen LogP contribution < -0.4 is 15.3 Å². The quantitative estimate of drug-likeness (QED) is 0.155. The fourth-order valence-electron chi connectivity index (χ4n) is 6.05. The molecule has 1 N–H and O–H groups in total. The summed E-state index contributed by atoms with van der Waals surface area (Å²) >= 11 is 5.70. The molecule has 0 aromatic heterocycles. The van der Waals surface area contributed by atoms with Gasteiger partial charge in [-0.3, -0.25) is 4.79 Å². The molecule has 0 radical (unpaired) electrons. The fourth-order valence-corrected chi connectivity index (χ4v) is 6.24. The number of anilines is 1. The summed E-state index contributed by atoms with van der Waals surface area (Å²) in [6, 6.07) is 10.9. The lowest BCUT2D eigenvalue weighted by Gasteiger charge is -2.40. The number of ether oxygens (including phenoxy) is 2. The monoisotopic (exact) mass is 661 g/mol. The van der Waals surface area contributed by atoms with E-state index in [0.29, 0.717) is 50.0 Å². The number of unbranched alkanes of at least 4 members (excludes halogenated alkanes) is 3. The SMILES string of the molecule is CN(C)c1ccc2c(c1)C(C)(C)C1=CC(=[N+](C)C)C=CC1=C2c1cc(C(=O)NCCOCCOCCCCCCCl)ccc1C(=O)[O-]. The summed E-state index contributed by atoms with van der Waals surface area (Å²) in [6.07, 6.45) is 10.5. The zero-order valence-corrected chi connectivity index (χ0v) is 29.3. The van der Waals surface area contributed by atoms with E-state index in [4.69, 9.17) is 21.1 Å². The van der Waals surface area contributed by atoms with Gasteiger partial charge in [0, 0.05) is 67.5 Å². The van der Waals surface area contributed by atoms with Gasteiger partial charge in [0.05, 0.1) is 25.8 Å². The molecule has 2 aromatic carbocycles. The molecule has 0 spiro atoms. The van der Waals surface area contributed by atoms with Crippen LogP contribution in [-0.2, 0) is 14.9 Å². The topological polar surface area (TPSA) is 93.9 Å². The molecule has 0 atom stereocenters. The molecule has 1 amide bonds. The molecule has 0 saturated carbocycles. The van der Waals surface area contributed by atoms with Crippen molar-refractivity contribution >= 4 is 40.4 Å². The van der Waals surface area contributed by atoms with E-state index in [0.717, 1.165) is 64.9 Å². The van der Waals surface area contributed by atoms with Gasteiger partial charge in [-0.25, -0.2) is 4.58 Å². The number of hydrogen-bond donors (Lipinski definition) is 1. The van der Waals surface area contributed by atoms with Gasteiger partial charge < -0.3 is 29.6 Å². The number of amides is 1. The molecule has 8 nitrogen and oxygen atoms in total. The first-order chi connectivity index (χ1) is 22.5. The Morgan fingerprint density at radius 2 is 1.64 bits per heavy atom. The molecule has 2 aliphatic carbocycles. The van der Waals surface area contributed by atoms with E-state index in [1.54, 1.807) is 6.07 Å². The van der Waals surface area contributed by atoms with Gasteiger partial charge in [-0.15, -0.1) is 11.6 Å². The standard InChI is InChI=1S/C38H48ClN3O5/c1-38(2)33-24-27(41(3)4)12-15-30(33)35(31-16-13-28(42(5)6)25-34(31)38)32-23-26(11-14-29(32)37(44)45)36(43)40-18-20-47-22-21-46-19-10-8-7-9-17-39/h11-16,23-25H,7-10,17-22H2,1-6H3,(H-,40,43,44,45). The van der Waals surface area contributed by atoms with Crippen molar-refractivity contribution in [3.05, 3.63) is 93.6 Å². The highest BCUT2D eigenvalue weighted by molar-refractivity contribution is 6.17. The highest BCUT2D eigenvalue weighted by Gasteiger charge is 2.39. The van der Waals surface area contributed by atoms with Crippen LogP contribution in [0.15, 0.2) is 65.8 Å². The van der Waals surface area contributed by atoms with E-state index in [2.05, 4.69) is 52.9 Å². The molecule has 0 unspecified atom stereocenters. The molecule has 2 aliphatic rings. The molecule has 0 saturated heterocycles. The number of nitrogens with one attached hydrogen (secondary N) is 1. The van der Waals surface area contributed by atoms with Crippen molar-refractivity contribution in [1.29, 1.82) is 0 Å². The molecular formula is C38H48ClN3O5. The van der Waals surface area contributed by atoms with E-state index in [9.17, 15) is 14.7 Å². The minimum Gasteiger partial charge on any atom is -0.545 e. The smallest absolute Gasteiger partial charge is 0.251 e. The Kier molecular flexibility index (Phi) is 12.6. The van der Waals surface area contributed by atoms with Gasteiger partial charge in [-0.05, 0) is 76.6 Å². The maximum atomic E-state index is 13.3. The summed E-state index contributed by atoms with van der Waals surface area (Å²) in [5, 5.41) is 15.4. The van der Waals surface area contributed by atoms with Crippen LogP contribution >= 0.6 is 11.6 Å². The normalized spacial score (nSPS) is 14.8. The average molecular weight is 662 g/mol. The number of carbonyl (C=O) groups is 2. The average Bonchev–Trinajstić information content (AvgIpc) is 3.04. The first-order valence-electron chi connectivity index (χ1n) is 16.3. The number of hydrogen-bond acceptors (Lipinski definition) is 6. The van der Waals surface area contributed by atoms with Gasteiger partial charge in [-0.1, -0.05) is 38.8 Å².